The van der Waals surface area contributed by atoms with Gasteiger partial charge in [-0.1, -0.05) is 12.8 Å². The van der Waals surface area contributed by atoms with Crippen LogP contribution in [0.15, 0.2) is 24.5 Å². The first-order valence-corrected chi connectivity index (χ1v) is 12.9. The monoisotopic (exact) mass is 520 g/mol. The van der Waals surface area contributed by atoms with Crippen LogP contribution in [0.2, 0.25) is 0 Å². The van der Waals surface area contributed by atoms with E-state index in [4.69, 9.17) is 0 Å². The summed E-state index contributed by atoms with van der Waals surface area (Å²) in [6.07, 6.45) is 4.55. The molecule has 1 saturated heterocycles. The van der Waals surface area contributed by atoms with E-state index in [0.29, 0.717) is 18.9 Å². The number of pyridine rings is 2. The lowest BCUT2D eigenvalue weighted by molar-refractivity contribution is -0.137. The Bertz CT molecular complexity index is 1280. The second kappa shape index (κ2) is 10.4. The summed E-state index contributed by atoms with van der Waals surface area (Å²) in [4.78, 5) is 25.5. The predicted molar refractivity (Wildman–Crippen MR) is 128 cm³/mol. The molecule has 3 aromatic rings. The average molecular weight is 521 g/mol. The zero-order chi connectivity index (χ0) is 26.2. The summed E-state index contributed by atoms with van der Waals surface area (Å²) >= 11 is 0. The number of alkyl halides is 3. The summed E-state index contributed by atoms with van der Waals surface area (Å²) < 4.78 is 70.4. The summed E-state index contributed by atoms with van der Waals surface area (Å²) in [5.41, 5.74) is -1.48. The van der Waals surface area contributed by atoms with Crippen molar-refractivity contribution in [1.82, 2.24) is 19.9 Å². The Morgan fingerprint density at radius 3 is 2.57 bits per heavy atom. The highest BCUT2D eigenvalue weighted by Crippen LogP contribution is 2.40. The quantitative estimate of drug-likeness (QED) is 0.382. The Hall–Kier alpha value is -3.04. The van der Waals surface area contributed by atoms with Crippen LogP contribution in [0, 0.1) is 23.5 Å². The number of aromatic amines is 1. The van der Waals surface area contributed by atoms with Gasteiger partial charge in [0.1, 0.15) is 17.3 Å². The molecule has 5 nitrogen and oxygen atoms in total. The number of hydrogen-bond acceptors (Lipinski definition) is 3. The number of aromatic nitrogens is 3. The molecular weight excluding hydrogens is 491 g/mol. The Labute approximate surface area is 211 Å². The van der Waals surface area contributed by atoms with Crippen molar-refractivity contribution in [1.29, 1.82) is 0 Å². The lowest BCUT2D eigenvalue weighted by Gasteiger charge is -2.32. The summed E-state index contributed by atoms with van der Waals surface area (Å²) in [5, 5.41) is 0.143. The van der Waals surface area contributed by atoms with Crippen molar-refractivity contribution in [2.24, 2.45) is 11.8 Å². The number of hydrogen-bond donors (Lipinski definition) is 1. The molecule has 1 N–H and O–H groups in total. The van der Waals surface area contributed by atoms with E-state index in [1.54, 1.807) is 0 Å². The number of rotatable bonds is 5. The maximum absolute atomic E-state index is 15.0. The van der Waals surface area contributed by atoms with E-state index in [2.05, 4.69) is 15.0 Å². The van der Waals surface area contributed by atoms with Gasteiger partial charge in [-0.05, 0) is 62.5 Å². The highest BCUT2D eigenvalue weighted by molar-refractivity contribution is 5.93. The predicted octanol–water partition coefficient (Wildman–Crippen LogP) is 6.67. The van der Waals surface area contributed by atoms with E-state index in [0.717, 1.165) is 63.9 Å². The SMILES string of the molecule is O=C(C[C@H]1CCC[C@@H](Cc2nc(-c3c[nH]c4ncc(F)cc34)c(C(F)(F)F)cc2F)C1)N1CCCCC1. The largest absolute Gasteiger partial charge is 0.418 e. The van der Waals surface area contributed by atoms with Crippen molar-refractivity contribution in [3.63, 3.8) is 0 Å². The molecule has 0 bridgehead atoms. The van der Waals surface area contributed by atoms with Gasteiger partial charge in [-0.15, -0.1) is 0 Å². The summed E-state index contributed by atoms with van der Waals surface area (Å²) in [7, 11) is 0. The fourth-order valence-corrected chi connectivity index (χ4v) is 5.83. The Morgan fingerprint density at radius 1 is 1.05 bits per heavy atom. The van der Waals surface area contributed by atoms with Crippen LogP contribution in [0.5, 0.6) is 0 Å². The second-order valence-corrected chi connectivity index (χ2v) is 10.3. The first-order valence-electron chi connectivity index (χ1n) is 12.9. The lowest BCUT2D eigenvalue weighted by Crippen LogP contribution is -2.37. The van der Waals surface area contributed by atoms with Gasteiger partial charge in [0, 0.05) is 36.7 Å². The Morgan fingerprint density at radius 2 is 1.81 bits per heavy atom. The highest BCUT2D eigenvalue weighted by Gasteiger charge is 2.37. The highest BCUT2D eigenvalue weighted by atomic mass is 19.4. The zero-order valence-corrected chi connectivity index (χ0v) is 20.4. The molecule has 198 valence electrons. The first kappa shape index (κ1) is 25.6. The second-order valence-electron chi connectivity index (χ2n) is 10.3. The molecule has 10 heteroatoms. The number of fused-ring (bicyclic) bond motifs is 1. The van der Waals surface area contributed by atoms with E-state index in [1.165, 1.54) is 6.20 Å². The molecule has 1 amide bonds. The normalized spacial score (nSPS) is 20.9. The molecule has 0 radical (unpaired) electrons. The van der Waals surface area contributed by atoms with Gasteiger partial charge in [0.25, 0.3) is 0 Å². The van der Waals surface area contributed by atoms with Crippen molar-refractivity contribution >= 4 is 16.9 Å². The van der Waals surface area contributed by atoms with Crippen LogP contribution in [-0.2, 0) is 17.4 Å². The maximum Gasteiger partial charge on any atom is 0.418 e. The topological polar surface area (TPSA) is 61.9 Å². The van der Waals surface area contributed by atoms with Gasteiger partial charge < -0.3 is 9.88 Å². The number of nitrogens with zero attached hydrogens (tertiary/aromatic N) is 3. The van der Waals surface area contributed by atoms with Gasteiger partial charge in [-0.2, -0.15) is 13.2 Å². The molecule has 2 atom stereocenters. The molecule has 1 saturated carbocycles. The van der Waals surface area contributed by atoms with Crippen molar-refractivity contribution in [3.05, 3.63) is 47.4 Å². The van der Waals surface area contributed by atoms with Crippen LogP contribution in [0.25, 0.3) is 22.3 Å². The number of piperidine rings is 1. The number of H-pyrrole nitrogens is 1. The van der Waals surface area contributed by atoms with Gasteiger partial charge in [0.2, 0.25) is 5.91 Å². The lowest BCUT2D eigenvalue weighted by atomic mass is 9.77. The van der Waals surface area contributed by atoms with Gasteiger partial charge in [0.15, 0.2) is 0 Å². The van der Waals surface area contributed by atoms with Crippen LogP contribution in [0.3, 0.4) is 0 Å². The minimum atomic E-state index is -4.85. The molecule has 1 aliphatic carbocycles. The molecule has 2 aliphatic rings. The Balaban J connectivity index is 1.39. The smallest absolute Gasteiger partial charge is 0.345 e. The maximum atomic E-state index is 15.0. The van der Waals surface area contributed by atoms with Crippen molar-refractivity contribution in [2.45, 2.75) is 64.0 Å². The molecule has 5 rings (SSSR count). The number of amides is 1. The number of halogens is 5. The summed E-state index contributed by atoms with van der Waals surface area (Å²) in [6, 6.07) is 1.58. The number of likely N-dealkylation sites (tertiary alicyclic amines) is 1. The molecule has 2 fully saturated rings. The number of carbonyl (C=O) groups excluding carboxylic acids is 1. The molecule has 4 heterocycles. The van der Waals surface area contributed by atoms with Gasteiger partial charge in [0.05, 0.1) is 23.1 Å². The van der Waals surface area contributed by atoms with Crippen molar-refractivity contribution in [3.8, 4) is 11.3 Å². The Kier molecular flexibility index (Phi) is 7.18. The van der Waals surface area contributed by atoms with Crippen LogP contribution in [-0.4, -0.2) is 38.8 Å². The van der Waals surface area contributed by atoms with Crippen molar-refractivity contribution < 1.29 is 26.7 Å². The van der Waals surface area contributed by atoms with Crippen LogP contribution >= 0.6 is 0 Å². The third-order valence-electron chi connectivity index (χ3n) is 7.65. The first-order chi connectivity index (χ1) is 17.7. The minimum absolute atomic E-state index is 0.0153. The molecule has 0 aromatic carbocycles. The third kappa shape index (κ3) is 5.62. The molecule has 3 aromatic heterocycles. The van der Waals surface area contributed by atoms with Crippen molar-refractivity contribution in [2.75, 3.05) is 13.1 Å². The average Bonchev–Trinajstić information content (AvgIpc) is 3.28. The van der Waals surface area contributed by atoms with Gasteiger partial charge in [-0.25, -0.2) is 18.7 Å². The minimum Gasteiger partial charge on any atom is -0.345 e. The standard InChI is InChI=1S/C27H29F5N4O/c28-18-12-19-20(15-34-26(19)33-14-18)25-21(27(30,31)32)13-22(29)23(35-25)10-16-5-4-6-17(9-16)11-24(37)36-7-2-1-3-8-36/h12-17H,1-11H2,(H,33,34)/t16-,17+/m1/s1. The molecular formula is C27H29F5N4O. The van der Waals surface area contributed by atoms with E-state index >= 15 is 0 Å². The molecule has 0 unspecified atom stereocenters. The third-order valence-corrected chi connectivity index (χ3v) is 7.65. The van der Waals surface area contributed by atoms with Gasteiger partial charge >= 0.3 is 6.18 Å². The van der Waals surface area contributed by atoms with Crippen LogP contribution < -0.4 is 0 Å². The van der Waals surface area contributed by atoms with E-state index in [9.17, 15) is 26.7 Å². The summed E-state index contributed by atoms with van der Waals surface area (Å²) in [6.45, 7) is 1.59. The fourth-order valence-electron chi connectivity index (χ4n) is 5.83. The van der Waals surface area contributed by atoms with Crippen LogP contribution in [0.1, 0.15) is 62.6 Å². The molecule has 0 spiro atoms. The van der Waals surface area contributed by atoms with E-state index in [1.807, 2.05) is 4.90 Å². The number of carbonyl (C=O) groups is 1. The van der Waals surface area contributed by atoms with Crippen LogP contribution in [0.4, 0.5) is 22.0 Å². The van der Waals surface area contributed by atoms with Gasteiger partial charge in [-0.3, -0.25) is 4.79 Å². The molecule has 37 heavy (non-hydrogen) atoms. The summed E-state index contributed by atoms with van der Waals surface area (Å²) in [5.74, 6) is -1.36. The number of nitrogens with one attached hydrogen (secondary N) is 1. The molecule has 1 aliphatic heterocycles. The zero-order valence-electron chi connectivity index (χ0n) is 20.4. The van der Waals surface area contributed by atoms with E-state index < -0.39 is 29.1 Å². The fraction of sp³-hybridized carbons (Fsp3) is 0.519. The van der Waals surface area contributed by atoms with E-state index in [-0.39, 0.29) is 46.5 Å².